The van der Waals surface area contributed by atoms with Crippen LogP contribution in [0, 0.1) is 0 Å². The highest BCUT2D eigenvalue weighted by Crippen LogP contribution is 2.34. The van der Waals surface area contributed by atoms with Crippen molar-refractivity contribution in [3.8, 4) is 0 Å². The zero-order valence-electron chi connectivity index (χ0n) is 13.9. The van der Waals surface area contributed by atoms with Gasteiger partial charge < -0.3 is 14.8 Å². The number of carbonyl (C=O) groups excluding carboxylic acids is 2. The molecule has 6 nitrogen and oxygen atoms in total. The van der Waals surface area contributed by atoms with Gasteiger partial charge >= 0.3 is 12.1 Å². The number of alkyl carbamates (subject to hydrolysis) is 1. The van der Waals surface area contributed by atoms with E-state index in [4.69, 9.17) is 9.47 Å². The van der Waals surface area contributed by atoms with E-state index in [1.54, 1.807) is 26.8 Å². The Hall–Kier alpha value is -2.37. The number of rotatable bonds is 4. The minimum absolute atomic E-state index is 0.162. The molecule has 2 rings (SSSR count). The number of nitrogens with one attached hydrogen (secondary N) is 1. The maximum atomic E-state index is 12.4. The molecule has 1 atom stereocenters. The molecule has 0 aliphatic carbocycles. The number of esters is 1. The van der Waals surface area contributed by atoms with Crippen LogP contribution in [0.3, 0.4) is 0 Å². The summed E-state index contributed by atoms with van der Waals surface area (Å²) in [5, 5.41) is 2.69. The lowest BCUT2D eigenvalue weighted by Crippen LogP contribution is -2.38. The van der Waals surface area contributed by atoms with Gasteiger partial charge in [-0.3, -0.25) is 0 Å². The number of hydrogen-bond donors (Lipinski definition) is 1. The summed E-state index contributed by atoms with van der Waals surface area (Å²) in [6.45, 7) is 7.58. The van der Waals surface area contributed by atoms with Gasteiger partial charge in [-0.2, -0.15) is 0 Å². The first-order chi connectivity index (χ1) is 10.8. The summed E-state index contributed by atoms with van der Waals surface area (Å²) in [7, 11) is 0. The Morgan fingerprint density at radius 2 is 1.96 bits per heavy atom. The fourth-order valence-corrected chi connectivity index (χ4v) is 2.17. The number of benzene rings is 1. The number of hydrogen-bond acceptors (Lipinski definition) is 5. The van der Waals surface area contributed by atoms with Crippen molar-refractivity contribution in [2.75, 3.05) is 6.61 Å². The van der Waals surface area contributed by atoms with Crippen LogP contribution in [0.15, 0.2) is 29.3 Å². The van der Waals surface area contributed by atoms with E-state index in [1.807, 2.05) is 25.1 Å². The van der Waals surface area contributed by atoms with Crippen molar-refractivity contribution < 1.29 is 19.1 Å². The first kappa shape index (κ1) is 17.0. The van der Waals surface area contributed by atoms with E-state index in [-0.39, 0.29) is 5.71 Å². The van der Waals surface area contributed by atoms with Gasteiger partial charge in [-0.05, 0) is 33.3 Å². The lowest BCUT2D eigenvalue weighted by atomic mass is 10.0. The molecule has 124 valence electrons. The van der Waals surface area contributed by atoms with Gasteiger partial charge in [0.05, 0.1) is 12.3 Å². The molecule has 1 unspecified atom stereocenters. The van der Waals surface area contributed by atoms with E-state index in [0.717, 1.165) is 12.0 Å². The van der Waals surface area contributed by atoms with Gasteiger partial charge in [0.25, 0.3) is 0 Å². The highest BCUT2D eigenvalue weighted by atomic mass is 16.6. The molecule has 1 amide bonds. The Balaban J connectivity index is 2.22. The number of ether oxygens (including phenoxy) is 2. The maximum absolute atomic E-state index is 12.4. The number of para-hydroxylation sites is 1. The second-order valence-corrected chi connectivity index (χ2v) is 6.27. The normalized spacial score (nSPS) is 16.3. The number of amides is 1. The zero-order valence-corrected chi connectivity index (χ0v) is 13.9. The van der Waals surface area contributed by atoms with Crippen molar-refractivity contribution in [2.45, 2.75) is 45.8 Å². The van der Waals surface area contributed by atoms with Gasteiger partial charge in [0.15, 0.2) is 5.71 Å². The van der Waals surface area contributed by atoms with Crippen LogP contribution in [0.4, 0.5) is 10.5 Å². The Bertz CT molecular complexity index is 632. The monoisotopic (exact) mass is 318 g/mol. The van der Waals surface area contributed by atoms with E-state index < -0.39 is 23.7 Å². The van der Waals surface area contributed by atoms with E-state index in [2.05, 4.69) is 10.3 Å². The van der Waals surface area contributed by atoms with Crippen LogP contribution >= 0.6 is 0 Å². The third kappa shape index (κ3) is 4.31. The van der Waals surface area contributed by atoms with Crippen LogP contribution in [0.5, 0.6) is 0 Å². The lowest BCUT2D eigenvalue weighted by Gasteiger charge is -2.22. The van der Waals surface area contributed by atoms with Gasteiger partial charge in [0.1, 0.15) is 11.6 Å². The van der Waals surface area contributed by atoms with Gasteiger partial charge in [0, 0.05) is 5.56 Å². The third-order valence-corrected chi connectivity index (χ3v) is 3.07. The summed E-state index contributed by atoms with van der Waals surface area (Å²) in [6.07, 6.45) is 0.145. The van der Waals surface area contributed by atoms with Gasteiger partial charge in [-0.1, -0.05) is 25.1 Å². The Morgan fingerprint density at radius 3 is 2.61 bits per heavy atom. The molecule has 1 aliphatic rings. The van der Waals surface area contributed by atoms with Crippen LogP contribution in [0.1, 0.15) is 45.7 Å². The van der Waals surface area contributed by atoms with Crippen LogP contribution in [-0.2, 0) is 14.3 Å². The lowest BCUT2D eigenvalue weighted by molar-refractivity contribution is -0.146. The van der Waals surface area contributed by atoms with E-state index in [1.165, 1.54) is 0 Å². The molecule has 1 aromatic carbocycles. The molecule has 0 saturated heterocycles. The highest BCUT2D eigenvalue weighted by molar-refractivity contribution is 6.40. The van der Waals surface area contributed by atoms with E-state index >= 15 is 0 Å². The Kier molecular flexibility index (Phi) is 5.03. The molecular weight excluding hydrogens is 296 g/mol. The molecule has 1 aromatic rings. The molecule has 0 radical (unpaired) electrons. The van der Waals surface area contributed by atoms with Crippen LogP contribution in [0.2, 0.25) is 0 Å². The first-order valence-electron chi connectivity index (χ1n) is 7.66. The molecule has 23 heavy (non-hydrogen) atoms. The predicted octanol–water partition coefficient (Wildman–Crippen LogP) is 3.29. The Labute approximate surface area is 135 Å². The summed E-state index contributed by atoms with van der Waals surface area (Å²) in [4.78, 5) is 28.6. The van der Waals surface area contributed by atoms with Gasteiger partial charge in [0.2, 0.25) is 0 Å². The smallest absolute Gasteiger partial charge is 0.407 e. The van der Waals surface area contributed by atoms with Crippen molar-refractivity contribution in [1.82, 2.24) is 5.32 Å². The SMILES string of the molecule is CCCOC(=O)NC1C(C(=O)OC(C)(C)C)=Nc2ccccc21. The average Bonchev–Trinajstić information content (AvgIpc) is 2.82. The average molecular weight is 318 g/mol. The topological polar surface area (TPSA) is 77.0 Å². The minimum atomic E-state index is -0.662. The largest absolute Gasteiger partial charge is 0.455 e. The molecule has 1 heterocycles. The molecule has 0 spiro atoms. The molecule has 1 N–H and O–H groups in total. The molecule has 6 heteroatoms. The molecule has 0 fully saturated rings. The second-order valence-electron chi connectivity index (χ2n) is 6.27. The first-order valence-corrected chi connectivity index (χ1v) is 7.66. The predicted molar refractivity (Wildman–Crippen MR) is 86.9 cm³/mol. The molecular formula is C17H22N2O4. The van der Waals surface area contributed by atoms with Crippen LogP contribution < -0.4 is 5.32 Å². The van der Waals surface area contributed by atoms with E-state index in [9.17, 15) is 9.59 Å². The molecule has 1 aliphatic heterocycles. The molecule has 0 bridgehead atoms. The summed E-state index contributed by atoms with van der Waals surface area (Å²) >= 11 is 0. The van der Waals surface area contributed by atoms with Crippen molar-refractivity contribution in [3.05, 3.63) is 29.8 Å². The number of aliphatic imine (C=N–C) groups is 1. The summed E-state index contributed by atoms with van der Waals surface area (Å²) in [5.41, 5.74) is 0.923. The van der Waals surface area contributed by atoms with Crippen LogP contribution in [0.25, 0.3) is 0 Å². The standard InChI is InChI=1S/C17H22N2O4/c1-5-10-22-16(21)19-13-11-8-6-7-9-12(11)18-14(13)15(20)23-17(2,3)4/h6-9,13H,5,10H2,1-4H3,(H,19,21). The van der Waals surface area contributed by atoms with Crippen molar-refractivity contribution in [1.29, 1.82) is 0 Å². The molecule has 0 aromatic heterocycles. The number of nitrogens with zero attached hydrogens (tertiary/aromatic N) is 1. The molecule has 0 saturated carbocycles. The Morgan fingerprint density at radius 1 is 1.26 bits per heavy atom. The summed E-state index contributed by atoms with van der Waals surface area (Å²) < 4.78 is 10.4. The quantitative estimate of drug-likeness (QED) is 0.864. The fourth-order valence-electron chi connectivity index (χ4n) is 2.17. The summed E-state index contributed by atoms with van der Waals surface area (Å²) in [6, 6.07) is 6.61. The number of fused-ring (bicyclic) bond motifs is 1. The minimum Gasteiger partial charge on any atom is -0.455 e. The van der Waals surface area contributed by atoms with Gasteiger partial charge in [-0.15, -0.1) is 0 Å². The van der Waals surface area contributed by atoms with Crippen molar-refractivity contribution in [3.63, 3.8) is 0 Å². The third-order valence-electron chi connectivity index (χ3n) is 3.07. The van der Waals surface area contributed by atoms with Crippen molar-refractivity contribution in [2.24, 2.45) is 4.99 Å². The zero-order chi connectivity index (χ0) is 17.0. The van der Waals surface area contributed by atoms with E-state index in [0.29, 0.717) is 12.3 Å². The fraction of sp³-hybridized carbons (Fsp3) is 0.471. The highest BCUT2D eigenvalue weighted by Gasteiger charge is 2.35. The summed E-state index contributed by atoms with van der Waals surface area (Å²) in [5.74, 6) is -0.547. The van der Waals surface area contributed by atoms with Gasteiger partial charge in [-0.25, -0.2) is 14.6 Å². The number of carbonyl (C=O) groups is 2. The second kappa shape index (κ2) is 6.81. The maximum Gasteiger partial charge on any atom is 0.407 e. The van der Waals surface area contributed by atoms with Crippen molar-refractivity contribution >= 4 is 23.5 Å². The van der Waals surface area contributed by atoms with Crippen LogP contribution in [-0.4, -0.2) is 30.0 Å².